The van der Waals surface area contributed by atoms with E-state index < -0.39 is 6.23 Å². The molecule has 2 heterocycles. The lowest BCUT2D eigenvalue weighted by molar-refractivity contribution is -0.126. The zero-order valence-electron chi connectivity index (χ0n) is 14.1. The molecule has 1 unspecified atom stereocenters. The van der Waals surface area contributed by atoms with Crippen LogP contribution in [0.5, 0.6) is 5.75 Å². The fourth-order valence-electron chi connectivity index (χ4n) is 3.12. The van der Waals surface area contributed by atoms with Crippen LogP contribution in [-0.4, -0.2) is 55.4 Å². The van der Waals surface area contributed by atoms with Crippen molar-refractivity contribution in [2.45, 2.75) is 13.2 Å². The number of hydrogen-bond acceptors (Lipinski definition) is 5. The number of aliphatic hydroxyl groups is 1. The first-order valence-corrected chi connectivity index (χ1v) is 8.04. The van der Waals surface area contributed by atoms with Crippen LogP contribution < -0.4 is 15.0 Å². The van der Waals surface area contributed by atoms with Crippen molar-refractivity contribution in [2.24, 2.45) is 0 Å². The van der Waals surface area contributed by atoms with E-state index in [2.05, 4.69) is 22.9 Å². The molecule has 0 bridgehead atoms. The Bertz CT molecular complexity index is 691. The Morgan fingerprint density at radius 1 is 1.38 bits per heavy atom. The van der Waals surface area contributed by atoms with Crippen LogP contribution in [0, 0.1) is 0 Å². The van der Waals surface area contributed by atoms with Crippen molar-refractivity contribution in [3.05, 3.63) is 35.9 Å². The molecule has 0 saturated carbocycles. The minimum atomic E-state index is -0.665. The van der Waals surface area contributed by atoms with Gasteiger partial charge in [-0.25, -0.2) is 0 Å². The van der Waals surface area contributed by atoms with Crippen LogP contribution in [0.3, 0.4) is 0 Å². The summed E-state index contributed by atoms with van der Waals surface area (Å²) in [4.78, 5) is 15.7. The zero-order chi connectivity index (χ0) is 17.3. The van der Waals surface area contributed by atoms with Gasteiger partial charge in [-0.15, -0.1) is 0 Å². The molecule has 0 radical (unpaired) electrons. The molecule has 1 fully saturated rings. The average molecular weight is 329 g/mol. The smallest absolute Gasteiger partial charge is 0.246 e. The van der Waals surface area contributed by atoms with Gasteiger partial charge >= 0.3 is 0 Å². The van der Waals surface area contributed by atoms with Gasteiger partial charge in [-0.05, 0) is 30.7 Å². The van der Waals surface area contributed by atoms with Gasteiger partial charge in [0.1, 0.15) is 12.0 Å². The molecular weight excluding hydrogens is 306 g/mol. The van der Waals surface area contributed by atoms with E-state index in [4.69, 9.17) is 4.74 Å². The SMILES string of the molecule is C=CC(=O)N1CCN(c2cc3c(cc2OC)NC(O)C(C)=C3)CC1. The first-order valence-electron chi connectivity index (χ1n) is 8.04. The zero-order valence-corrected chi connectivity index (χ0v) is 14.1. The van der Waals surface area contributed by atoms with Crippen LogP contribution in [0.1, 0.15) is 12.5 Å². The van der Waals surface area contributed by atoms with Crippen LogP contribution >= 0.6 is 0 Å². The number of carbonyl (C=O) groups excluding carboxylic acids is 1. The van der Waals surface area contributed by atoms with Gasteiger partial charge in [0.15, 0.2) is 0 Å². The van der Waals surface area contributed by atoms with E-state index in [1.54, 1.807) is 12.0 Å². The second-order valence-corrected chi connectivity index (χ2v) is 6.06. The highest BCUT2D eigenvalue weighted by atomic mass is 16.5. The number of anilines is 2. The number of amides is 1. The maximum Gasteiger partial charge on any atom is 0.246 e. The second-order valence-electron chi connectivity index (χ2n) is 6.06. The van der Waals surface area contributed by atoms with Crippen molar-refractivity contribution < 1.29 is 14.6 Å². The predicted octanol–water partition coefficient (Wildman–Crippen LogP) is 1.68. The molecule has 128 valence electrons. The highest BCUT2D eigenvalue weighted by Gasteiger charge is 2.24. The summed E-state index contributed by atoms with van der Waals surface area (Å²) in [6, 6.07) is 3.99. The van der Waals surface area contributed by atoms with Gasteiger partial charge in [0.2, 0.25) is 5.91 Å². The normalized spacial score (nSPS) is 20.0. The number of piperazine rings is 1. The summed E-state index contributed by atoms with van der Waals surface area (Å²) in [5.74, 6) is 0.730. The van der Waals surface area contributed by atoms with Gasteiger partial charge in [0.05, 0.1) is 12.8 Å². The van der Waals surface area contributed by atoms with Crippen molar-refractivity contribution in [1.29, 1.82) is 0 Å². The highest BCUT2D eigenvalue weighted by molar-refractivity contribution is 5.87. The van der Waals surface area contributed by atoms with Gasteiger partial charge in [0.25, 0.3) is 0 Å². The molecular formula is C18H23N3O3. The molecule has 2 aliphatic heterocycles. The van der Waals surface area contributed by atoms with Gasteiger partial charge in [-0.1, -0.05) is 6.58 Å². The van der Waals surface area contributed by atoms with Crippen molar-refractivity contribution in [2.75, 3.05) is 43.5 Å². The third-order valence-corrected chi connectivity index (χ3v) is 4.56. The maximum absolute atomic E-state index is 11.7. The lowest BCUT2D eigenvalue weighted by atomic mass is 10.0. The number of ether oxygens (including phenoxy) is 1. The molecule has 0 aromatic heterocycles. The van der Waals surface area contributed by atoms with Crippen LogP contribution in [0.4, 0.5) is 11.4 Å². The fourth-order valence-corrected chi connectivity index (χ4v) is 3.12. The topological polar surface area (TPSA) is 65.0 Å². The highest BCUT2D eigenvalue weighted by Crippen LogP contribution is 2.38. The monoisotopic (exact) mass is 329 g/mol. The van der Waals surface area contributed by atoms with Crippen molar-refractivity contribution in [3.8, 4) is 5.75 Å². The van der Waals surface area contributed by atoms with Crippen LogP contribution in [0.2, 0.25) is 0 Å². The first-order chi connectivity index (χ1) is 11.5. The molecule has 6 nitrogen and oxygen atoms in total. The second kappa shape index (κ2) is 6.57. The van der Waals surface area contributed by atoms with E-state index in [-0.39, 0.29) is 5.91 Å². The molecule has 1 saturated heterocycles. The molecule has 1 amide bonds. The molecule has 1 aromatic carbocycles. The van der Waals surface area contributed by atoms with E-state index in [9.17, 15) is 9.90 Å². The Balaban J connectivity index is 1.86. The Labute approximate surface area is 142 Å². The largest absolute Gasteiger partial charge is 0.495 e. The molecule has 2 aliphatic rings. The summed E-state index contributed by atoms with van der Waals surface area (Å²) in [5, 5.41) is 13.0. The van der Waals surface area contributed by atoms with E-state index in [1.807, 2.05) is 19.1 Å². The number of carbonyl (C=O) groups is 1. The van der Waals surface area contributed by atoms with Crippen LogP contribution in [-0.2, 0) is 4.79 Å². The number of methoxy groups -OCH3 is 1. The summed E-state index contributed by atoms with van der Waals surface area (Å²) < 4.78 is 5.54. The molecule has 1 atom stereocenters. The Kier molecular flexibility index (Phi) is 4.49. The minimum Gasteiger partial charge on any atom is -0.495 e. The number of nitrogens with zero attached hydrogens (tertiary/aromatic N) is 2. The Hall–Kier alpha value is -2.47. The third kappa shape index (κ3) is 2.97. The van der Waals surface area contributed by atoms with Gasteiger partial charge < -0.3 is 25.0 Å². The summed E-state index contributed by atoms with van der Waals surface area (Å²) in [7, 11) is 1.64. The fraction of sp³-hybridized carbons (Fsp3) is 0.389. The van der Waals surface area contributed by atoms with Crippen molar-refractivity contribution >= 4 is 23.4 Å². The number of fused-ring (bicyclic) bond motifs is 1. The lowest BCUT2D eigenvalue weighted by Crippen LogP contribution is -2.48. The number of benzene rings is 1. The van der Waals surface area contributed by atoms with E-state index in [0.717, 1.165) is 41.4 Å². The summed E-state index contributed by atoms with van der Waals surface area (Å²) >= 11 is 0. The average Bonchev–Trinajstić information content (AvgIpc) is 2.61. The quantitative estimate of drug-likeness (QED) is 0.826. The number of hydrogen-bond donors (Lipinski definition) is 2. The molecule has 1 aromatic rings. The number of rotatable bonds is 3. The van der Waals surface area contributed by atoms with Crippen molar-refractivity contribution in [3.63, 3.8) is 0 Å². The summed E-state index contributed by atoms with van der Waals surface area (Å²) in [5.41, 5.74) is 3.76. The molecule has 2 N–H and O–H groups in total. The number of nitrogens with one attached hydrogen (secondary N) is 1. The third-order valence-electron chi connectivity index (χ3n) is 4.56. The van der Waals surface area contributed by atoms with E-state index >= 15 is 0 Å². The Morgan fingerprint density at radius 3 is 2.71 bits per heavy atom. The minimum absolute atomic E-state index is 0.0243. The molecule has 0 aliphatic carbocycles. The lowest BCUT2D eigenvalue weighted by Gasteiger charge is -2.37. The molecule has 0 spiro atoms. The van der Waals surface area contributed by atoms with Gasteiger partial charge in [-0.3, -0.25) is 4.79 Å². The van der Waals surface area contributed by atoms with E-state index in [1.165, 1.54) is 6.08 Å². The molecule has 24 heavy (non-hydrogen) atoms. The van der Waals surface area contributed by atoms with Crippen molar-refractivity contribution in [1.82, 2.24) is 4.90 Å². The summed E-state index contributed by atoms with van der Waals surface area (Å²) in [6.45, 7) is 8.25. The first kappa shape index (κ1) is 16.4. The molecule has 3 rings (SSSR count). The molecule has 6 heteroatoms. The standard InChI is InChI=1S/C18H23N3O3/c1-4-17(22)21-7-5-20(6-8-21)15-10-13-9-12(2)18(23)19-14(13)11-16(15)24-3/h4,9-11,18-19,23H,1,5-8H2,2-3H3. The van der Waals surface area contributed by atoms with Gasteiger partial charge in [0, 0.05) is 43.5 Å². The maximum atomic E-state index is 11.7. The predicted molar refractivity (Wildman–Crippen MR) is 95.3 cm³/mol. The number of aliphatic hydroxyl groups excluding tert-OH is 1. The van der Waals surface area contributed by atoms with Crippen LogP contribution in [0.25, 0.3) is 6.08 Å². The van der Waals surface area contributed by atoms with E-state index in [0.29, 0.717) is 13.1 Å². The summed E-state index contributed by atoms with van der Waals surface area (Å²) in [6.07, 6.45) is 2.68. The van der Waals surface area contributed by atoms with Crippen LogP contribution in [0.15, 0.2) is 30.4 Å². The Morgan fingerprint density at radius 2 is 2.08 bits per heavy atom. The van der Waals surface area contributed by atoms with Gasteiger partial charge in [-0.2, -0.15) is 0 Å².